The number of esters is 1. The summed E-state index contributed by atoms with van der Waals surface area (Å²) in [5.74, 6) is -0.426. The summed E-state index contributed by atoms with van der Waals surface area (Å²) >= 11 is 0. The molecule has 0 aromatic heterocycles. The summed E-state index contributed by atoms with van der Waals surface area (Å²) < 4.78 is 37.5. The zero-order valence-electron chi connectivity index (χ0n) is 16.7. The maximum atomic E-state index is 12.5. The Balaban J connectivity index is 2.04. The van der Waals surface area contributed by atoms with Crippen molar-refractivity contribution in [3.05, 3.63) is 53.6 Å². The third kappa shape index (κ3) is 5.78. The van der Waals surface area contributed by atoms with Gasteiger partial charge in [-0.1, -0.05) is 0 Å². The highest BCUT2D eigenvalue weighted by Gasteiger charge is 2.23. The van der Waals surface area contributed by atoms with Gasteiger partial charge in [0.15, 0.2) is 0 Å². The molecule has 0 aliphatic rings. The third-order valence-corrected chi connectivity index (χ3v) is 5.60. The van der Waals surface area contributed by atoms with Crippen LogP contribution in [-0.4, -0.2) is 40.1 Å². The second-order valence-corrected chi connectivity index (χ2v) is 7.98. The van der Waals surface area contributed by atoms with Gasteiger partial charge in [-0.15, -0.1) is 0 Å². The van der Waals surface area contributed by atoms with Crippen molar-refractivity contribution in [3.8, 4) is 5.75 Å². The minimum Gasteiger partial charge on any atom is -0.496 e. The Kier molecular flexibility index (Phi) is 7.35. The van der Waals surface area contributed by atoms with E-state index in [9.17, 15) is 18.0 Å². The highest BCUT2D eigenvalue weighted by molar-refractivity contribution is 7.89. The predicted molar refractivity (Wildman–Crippen MR) is 109 cm³/mol. The molecular weight excluding hydrogens is 396 g/mol. The number of sulfonamides is 1. The zero-order valence-corrected chi connectivity index (χ0v) is 17.5. The average Bonchev–Trinajstić information content (AvgIpc) is 2.68. The summed E-state index contributed by atoms with van der Waals surface area (Å²) in [7, 11) is -2.40. The summed E-state index contributed by atoms with van der Waals surface area (Å²) in [4.78, 5) is 24.0. The molecule has 29 heavy (non-hydrogen) atoms. The minimum absolute atomic E-state index is 0.0363. The number of benzene rings is 2. The molecule has 0 fully saturated rings. The first-order chi connectivity index (χ1) is 13.7. The van der Waals surface area contributed by atoms with Crippen LogP contribution in [0.4, 0.5) is 5.69 Å². The highest BCUT2D eigenvalue weighted by Crippen LogP contribution is 2.21. The Morgan fingerprint density at radius 1 is 1.10 bits per heavy atom. The lowest BCUT2D eigenvalue weighted by atomic mass is 10.2. The predicted octanol–water partition coefficient (Wildman–Crippen LogP) is 2.49. The maximum Gasteiger partial charge on any atom is 0.338 e. The van der Waals surface area contributed by atoms with Gasteiger partial charge in [-0.3, -0.25) is 4.79 Å². The first-order valence-corrected chi connectivity index (χ1v) is 10.4. The van der Waals surface area contributed by atoms with E-state index < -0.39 is 27.9 Å². The van der Waals surface area contributed by atoms with Crippen LogP contribution in [0.5, 0.6) is 5.75 Å². The van der Waals surface area contributed by atoms with E-state index in [1.54, 1.807) is 19.9 Å². The van der Waals surface area contributed by atoms with Crippen molar-refractivity contribution in [1.29, 1.82) is 0 Å². The van der Waals surface area contributed by atoms with Gasteiger partial charge in [-0.25, -0.2) is 13.2 Å². The van der Waals surface area contributed by atoms with Crippen LogP contribution in [0.1, 0.15) is 29.8 Å². The summed E-state index contributed by atoms with van der Waals surface area (Å²) in [6.07, 6.45) is 0. The molecule has 156 valence electrons. The second-order valence-electron chi connectivity index (χ2n) is 6.26. The molecule has 2 aromatic carbocycles. The summed E-state index contributed by atoms with van der Waals surface area (Å²) in [5.41, 5.74) is 1.44. The smallest absolute Gasteiger partial charge is 0.338 e. The van der Waals surface area contributed by atoms with Gasteiger partial charge in [0, 0.05) is 5.69 Å². The zero-order chi connectivity index (χ0) is 21.6. The average molecular weight is 420 g/mol. The molecule has 0 radical (unpaired) electrons. The minimum atomic E-state index is -3.90. The fourth-order valence-electron chi connectivity index (χ4n) is 2.53. The van der Waals surface area contributed by atoms with Crippen LogP contribution in [0.2, 0.25) is 0 Å². The first-order valence-electron chi connectivity index (χ1n) is 8.93. The van der Waals surface area contributed by atoms with Crippen molar-refractivity contribution in [1.82, 2.24) is 4.72 Å². The van der Waals surface area contributed by atoms with Gasteiger partial charge < -0.3 is 14.8 Å². The molecule has 2 rings (SSSR count). The van der Waals surface area contributed by atoms with Crippen LogP contribution in [-0.2, 0) is 19.6 Å². The van der Waals surface area contributed by atoms with Gasteiger partial charge in [0.25, 0.3) is 0 Å². The van der Waals surface area contributed by atoms with Crippen LogP contribution in [0.15, 0.2) is 47.4 Å². The van der Waals surface area contributed by atoms with Crippen LogP contribution in [0.3, 0.4) is 0 Å². The molecule has 0 unspecified atom stereocenters. The van der Waals surface area contributed by atoms with Gasteiger partial charge in [0.1, 0.15) is 5.75 Å². The van der Waals surface area contributed by atoms with E-state index in [2.05, 4.69) is 10.0 Å². The van der Waals surface area contributed by atoms with Crippen LogP contribution in [0, 0.1) is 6.92 Å². The van der Waals surface area contributed by atoms with Crippen LogP contribution >= 0.6 is 0 Å². The van der Waals surface area contributed by atoms with Crippen LogP contribution < -0.4 is 14.8 Å². The number of carbonyl (C=O) groups excluding carboxylic acids is 2. The molecule has 0 spiro atoms. The van der Waals surface area contributed by atoms with E-state index >= 15 is 0 Å². The van der Waals surface area contributed by atoms with Crippen molar-refractivity contribution in [2.45, 2.75) is 31.7 Å². The number of methoxy groups -OCH3 is 1. The Morgan fingerprint density at radius 3 is 2.31 bits per heavy atom. The lowest BCUT2D eigenvalue weighted by Crippen LogP contribution is -2.41. The monoisotopic (exact) mass is 420 g/mol. The first kappa shape index (κ1) is 22.4. The number of aryl methyl sites for hydroxylation is 1. The van der Waals surface area contributed by atoms with E-state index in [-0.39, 0.29) is 11.5 Å². The second kappa shape index (κ2) is 9.53. The summed E-state index contributed by atoms with van der Waals surface area (Å²) in [5, 5.41) is 2.61. The van der Waals surface area contributed by atoms with Crippen molar-refractivity contribution in [2.75, 3.05) is 19.0 Å². The lowest BCUT2D eigenvalue weighted by Gasteiger charge is -2.15. The Labute approximate surface area is 170 Å². The number of ether oxygens (including phenoxy) is 2. The fraction of sp³-hybridized carbons (Fsp3) is 0.300. The fourth-order valence-corrected chi connectivity index (χ4v) is 3.81. The SMILES string of the molecule is CCOC(=O)c1ccc(NC(=O)[C@@H](C)NS(=O)(=O)c2ccc(OC)c(C)c2)cc1. The largest absolute Gasteiger partial charge is 0.496 e. The number of carbonyl (C=O) groups is 2. The number of hydrogen-bond donors (Lipinski definition) is 2. The Bertz CT molecular complexity index is 987. The number of amides is 1. The molecule has 1 atom stereocenters. The summed E-state index contributed by atoms with van der Waals surface area (Å²) in [6.45, 7) is 5.15. The van der Waals surface area contributed by atoms with Gasteiger partial charge in [-0.05, 0) is 68.8 Å². The molecule has 0 heterocycles. The molecule has 2 aromatic rings. The number of rotatable bonds is 8. The molecule has 1 amide bonds. The molecule has 8 nitrogen and oxygen atoms in total. The molecule has 9 heteroatoms. The molecule has 0 aliphatic heterocycles. The highest BCUT2D eigenvalue weighted by atomic mass is 32.2. The number of hydrogen-bond acceptors (Lipinski definition) is 6. The third-order valence-electron chi connectivity index (χ3n) is 4.07. The number of anilines is 1. The van der Waals surface area contributed by atoms with Crippen molar-refractivity contribution < 1.29 is 27.5 Å². The van der Waals surface area contributed by atoms with Crippen molar-refractivity contribution in [3.63, 3.8) is 0 Å². The molecular formula is C20H24N2O6S. The van der Waals surface area contributed by atoms with Gasteiger partial charge >= 0.3 is 5.97 Å². The standard InChI is InChI=1S/C20H24N2O6S/c1-5-28-20(24)15-6-8-16(9-7-15)21-19(23)14(3)22-29(25,26)17-10-11-18(27-4)13(2)12-17/h6-12,14,22H,5H2,1-4H3,(H,21,23)/t14-/m1/s1. The van der Waals surface area contributed by atoms with E-state index in [1.165, 1.54) is 50.4 Å². The van der Waals surface area contributed by atoms with Crippen LogP contribution in [0.25, 0.3) is 0 Å². The van der Waals surface area contributed by atoms with Crippen molar-refractivity contribution in [2.24, 2.45) is 0 Å². The molecule has 0 bridgehead atoms. The topological polar surface area (TPSA) is 111 Å². The normalized spacial score (nSPS) is 12.1. The van der Waals surface area contributed by atoms with E-state index in [0.717, 1.165) is 0 Å². The molecule has 2 N–H and O–H groups in total. The van der Waals surface area contributed by atoms with Gasteiger partial charge in [0.05, 0.1) is 30.2 Å². The maximum absolute atomic E-state index is 12.5. The van der Waals surface area contributed by atoms with E-state index in [4.69, 9.17) is 9.47 Å². The molecule has 0 saturated heterocycles. The van der Waals surface area contributed by atoms with Gasteiger partial charge in [0.2, 0.25) is 15.9 Å². The Morgan fingerprint density at radius 2 is 1.76 bits per heavy atom. The van der Waals surface area contributed by atoms with Crippen molar-refractivity contribution >= 4 is 27.6 Å². The Hall–Kier alpha value is -2.91. The quantitative estimate of drug-likeness (QED) is 0.635. The molecule has 0 aliphatic carbocycles. The van der Waals surface area contributed by atoms with E-state index in [0.29, 0.717) is 22.6 Å². The van der Waals surface area contributed by atoms with Gasteiger partial charge in [-0.2, -0.15) is 4.72 Å². The lowest BCUT2D eigenvalue weighted by molar-refractivity contribution is -0.117. The van der Waals surface area contributed by atoms with E-state index in [1.807, 2.05) is 0 Å². The number of nitrogens with one attached hydrogen (secondary N) is 2. The molecule has 0 saturated carbocycles. The summed E-state index contributed by atoms with van der Waals surface area (Å²) in [6, 6.07) is 9.53.